The summed E-state index contributed by atoms with van der Waals surface area (Å²) < 4.78 is 124. The minimum atomic E-state index is -0.611. The molecular weight excluding hydrogens is 599 g/mol. The third-order valence-electron chi connectivity index (χ3n) is 8.02. The maximum Gasteiger partial charge on any atom is 0.164 e. The van der Waals surface area contributed by atoms with Crippen LogP contribution in [0.4, 0.5) is 0 Å². The third-order valence-corrected chi connectivity index (χ3v) is 8.02. The highest BCUT2D eigenvalue weighted by atomic mass is 16.3. The quantitative estimate of drug-likeness (QED) is 0.181. The second-order valence-corrected chi connectivity index (χ2v) is 11.0. The first kappa shape index (κ1) is 17.5. The molecule has 2 heterocycles. The van der Waals surface area contributed by atoms with E-state index in [1.54, 1.807) is 36.4 Å². The highest BCUT2D eigenvalue weighted by Crippen LogP contribution is 2.38. The largest absolute Gasteiger partial charge is 0.456 e. The molecule has 9 rings (SSSR count). The average Bonchev–Trinajstić information content (AvgIpc) is 3.68. The van der Waals surface area contributed by atoms with Gasteiger partial charge in [0.15, 0.2) is 17.5 Å². The Morgan fingerprint density at radius 2 is 0.918 bits per heavy atom. The molecule has 4 heteroatoms. The van der Waals surface area contributed by atoms with Crippen LogP contribution in [0.2, 0.25) is 0 Å². The molecule has 0 aliphatic rings. The number of hydrogen-bond donors (Lipinski definition) is 0. The van der Waals surface area contributed by atoms with E-state index >= 15 is 0 Å². The number of fused-ring (bicyclic) bond motifs is 3. The Labute approximate surface area is 303 Å². The van der Waals surface area contributed by atoms with Crippen molar-refractivity contribution >= 4 is 21.9 Å². The molecule has 0 amide bonds. The molecule has 0 N–H and O–H groups in total. The molecule has 0 radical (unpaired) electrons. The second kappa shape index (κ2) is 12.2. The van der Waals surface area contributed by atoms with Crippen LogP contribution in [0.5, 0.6) is 0 Å². The van der Waals surface area contributed by atoms with Crippen LogP contribution in [0, 0.1) is 0 Å². The van der Waals surface area contributed by atoms with Gasteiger partial charge in [-0.2, -0.15) is 0 Å². The molecule has 2 aromatic heterocycles. The first-order chi connectivity index (χ1) is 30.1. The van der Waals surface area contributed by atoms with E-state index in [1.165, 1.54) is 12.1 Å². The minimum Gasteiger partial charge on any atom is -0.456 e. The normalized spacial score (nSPS) is 15.3. The van der Waals surface area contributed by atoms with Crippen LogP contribution in [-0.2, 0) is 0 Å². The van der Waals surface area contributed by atoms with Crippen molar-refractivity contribution in [1.29, 1.82) is 0 Å². The topological polar surface area (TPSA) is 51.8 Å². The zero-order chi connectivity index (χ0) is 44.8. The number of nitrogens with zero attached hydrogens (tertiary/aromatic N) is 3. The predicted octanol–water partition coefficient (Wildman–Crippen LogP) is 11.8. The maximum absolute atomic E-state index is 9.18. The van der Waals surface area contributed by atoms with E-state index in [2.05, 4.69) is 0 Å². The van der Waals surface area contributed by atoms with E-state index in [1.807, 2.05) is 42.5 Å². The zero-order valence-corrected chi connectivity index (χ0v) is 25.4. The van der Waals surface area contributed by atoms with Gasteiger partial charge in [0.2, 0.25) is 0 Å². The van der Waals surface area contributed by atoms with Crippen molar-refractivity contribution in [3.8, 4) is 67.5 Å². The molecule has 9 aromatic rings. The van der Waals surface area contributed by atoms with Crippen LogP contribution >= 0.6 is 0 Å². The van der Waals surface area contributed by atoms with Gasteiger partial charge in [0.1, 0.15) is 11.2 Å². The summed E-state index contributed by atoms with van der Waals surface area (Å²) in [5.41, 5.74) is 2.91. The molecule has 0 saturated heterocycles. The highest BCUT2D eigenvalue weighted by Gasteiger charge is 2.18. The van der Waals surface area contributed by atoms with Crippen LogP contribution < -0.4 is 0 Å². The molecular formula is C45H29N3O. The number of hydrogen-bond acceptors (Lipinski definition) is 4. The summed E-state index contributed by atoms with van der Waals surface area (Å²) in [6.07, 6.45) is 0. The Bertz CT molecular complexity index is 3320. The maximum atomic E-state index is 9.18. The van der Waals surface area contributed by atoms with Crippen molar-refractivity contribution in [2.24, 2.45) is 0 Å². The lowest BCUT2D eigenvalue weighted by Crippen LogP contribution is -2.00. The first-order valence-electron chi connectivity index (χ1n) is 22.2. The van der Waals surface area contributed by atoms with Gasteiger partial charge in [-0.05, 0) is 51.5 Å². The molecule has 0 aliphatic carbocycles. The van der Waals surface area contributed by atoms with Crippen molar-refractivity contribution in [3.63, 3.8) is 0 Å². The van der Waals surface area contributed by atoms with Crippen molar-refractivity contribution in [2.45, 2.75) is 0 Å². The van der Waals surface area contributed by atoms with Crippen molar-refractivity contribution in [3.05, 3.63) is 176 Å². The number of aromatic nitrogens is 3. The summed E-state index contributed by atoms with van der Waals surface area (Å²) in [6.45, 7) is 0. The summed E-state index contributed by atoms with van der Waals surface area (Å²) in [4.78, 5) is 14.5. The summed E-state index contributed by atoms with van der Waals surface area (Å²) in [5.74, 6) is 0.508. The first-order valence-corrected chi connectivity index (χ1v) is 15.2. The molecule has 4 nitrogen and oxygen atoms in total. The molecule has 230 valence electrons. The number of benzene rings is 7. The van der Waals surface area contributed by atoms with Gasteiger partial charge in [0.25, 0.3) is 0 Å². The molecule has 0 saturated carbocycles. The number of furan rings is 1. The van der Waals surface area contributed by atoms with Gasteiger partial charge in [-0.15, -0.1) is 0 Å². The molecule has 0 bridgehead atoms. The van der Waals surface area contributed by atoms with Crippen molar-refractivity contribution in [1.82, 2.24) is 15.0 Å². The van der Waals surface area contributed by atoms with E-state index in [4.69, 9.17) is 37.2 Å². The molecule has 0 unspecified atom stereocenters. The van der Waals surface area contributed by atoms with Gasteiger partial charge in [0.05, 0.1) is 19.2 Å². The van der Waals surface area contributed by atoms with Crippen LogP contribution in [-0.4, -0.2) is 15.0 Å². The van der Waals surface area contributed by atoms with Crippen LogP contribution in [0.25, 0.3) is 89.5 Å². The summed E-state index contributed by atoms with van der Waals surface area (Å²) >= 11 is 0. The monoisotopic (exact) mass is 641 g/mol. The Morgan fingerprint density at radius 3 is 1.55 bits per heavy atom. The van der Waals surface area contributed by atoms with Crippen molar-refractivity contribution in [2.75, 3.05) is 0 Å². The third kappa shape index (κ3) is 5.45. The Kier molecular flexibility index (Phi) is 4.35. The lowest BCUT2D eigenvalue weighted by atomic mass is 9.99. The number of rotatable bonds is 6. The van der Waals surface area contributed by atoms with Gasteiger partial charge in [-0.25, -0.2) is 15.0 Å². The van der Waals surface area contributed by atoms with E-state index < -0.39 is 60.4 Å². The van der Waals surface area contributed by atoms with E-state index in [9.17, 15) is 1.37 Å². The van der Waals surface area contributed by atoms with E-state index in [0.29, 0.717) is 16.7 Å². The molecule has 0 fully saturated rings. The molecule has 7 aromatic carbocycles. The fourth-order valence-electron chi connectivity index (χ4n) is 5.64. The lowest BCUT2D eigenvalue weighted by molar-refractivity contribution is 0.669. The smallest absolute Gasteiger partial charge is 0.164 e. The Morgan fingerprint density at radius 1 is 0.388 bits per heavy atom. The molecule has 49 heavy (non-hydrogen) atoms. The lowest BCUT2D eigenvalue weighted by Gasteiger charge is -2.10. The Hall–Kier alpha value is -6.65. The minimum absolute atomic E-state index is 0.0229. The van der Waals surface area contributed by atoms with Crippen LogP contribution in [0.15, 0.2) is 180 Å². The predicted molar refractivity (Wildman–Crippen MR) is 200 cm³/mol. The molecule has 0 aliphatic heterocycles. The van der Waals surface area contributed by atoms with Gasteiger partial charge >= 0.3 is 0 Å². The summed E-state index contributed by atoms with van der Waals surface area (Å²) in [5, 5.41) is 0.304. The standard InChI is InChI=1S/C45H29N3O/c1-4-11-30(12-5-1)32-19-21-33(22-20-32)34-23-25-36(26-24-34)44-46-43(35-15-8-3-9-16-35)47-45(48-44)38-17-10-18-41-42(38)39-29-37(27-28-40(39)49-41)31-13-6-2-7-14-31/h1-29H/i1D,2D,4D,5D,6D,7D,11D,12D,13D,14D,17D,18D,27D,28D. The second-order valence-electron chi connectivity index (χ2n) is 11.0. The van der Waals surface area contributed by atoms with E-state index in [0.717, 1.165) is 11.1 Å². The molecule has 0 spiro atoms. The summed E-state index contributed by atoms with van der Waals surface area (Å²) in [7, 11) is 0. The summed E-state index contributed by atoms with van der Waals surface area (Å²) in [6, 6.07) is 19.9. The Balaban J connectivity index is 1.20. The van der Waals surface area contributed by atoms with Gasteiger partial charge in [0, 0.05) is 27.5 Å². The van der Waals surface area contributed by atoms with Crippen LogP contribution in [0.3, 0.4) is 0 Å². The molecule has 0 atom stereocenters. The highest BCUT2D eigenvalue weighted by molar-refractivity contribution is 6.12. The SMILES string of the molecule is [2H]c1cc([2H])c2oc3c([2H])c([2H])c(-c4c([2H])c([2H])c([2H])c([2H])c4[2H])cc3c2c1-c1nc(-c2ccccc2)nc(-c2ccc(-c3ccc(-c4c([2H])c([2H])c([2H])c([2H])c4[2H])cc3)cc2)n1. The van der Waals surface area contributed by atoms with Gasteiger partial charge < -0.3 is 4.42 Å². The van der Waals surface area contributed by atoms with Gasteiger partial charge in [-0.1, -0.05) is 157 Å². The van der Waals surface area contributed by atoms with Crippen molar-refractivity contribution < 1.29 is 23.6 Å². The zero-order valence-electron chi connectivity index (χ0n) is 39.4. The fraction of sp³-hybridized carbons (Fsp3) is 0. The van der Waals surface area contributed by atoms with Crippen LogP contribution in [0.1, 0.15) is 19.2 Å². The average molecular weight is 642 g/mol. The van der Waals surface area contributed by atoms with Gasteiger partial charge in [-0.3, -0.25) is 0 Å². The fourth-order valence-corrected chi connectivity index (χ4v) is 5.64. The van der Waals surface area contributed by atoms with E-state index in [-0.39, 0.29) is 85.8 Å².